The first kappa shape index (κ1) is 14.8. The van der Waals surface area contributed by atoms with Crippen molar-refractivity contribution in [2.45, 2.75) is 0 Å². The van der Waals surface area contributed by atoms with Gasteiger partial charge in [-0.15, -0.1) is 0 Å². The van der Waals surface area contributed by atoms with Crippen molar-refractivity contribution in [2.75, 3.05) is 24.3 Å². The molecule has 20 heavy (non-hydrogen) atoms. The summed E-state index contributed by atoms with van der Waals surface area (Å²) in [6.07, 6.45) is 1.50. The van der Waals surface area contributed by atoms with Crippen LogP contribution in [-0.4, -0.2) is 25.0 Å². The molecule has 0 aliphatic heterocycles. The number of carbonyl (C=O) groups is 1. The molecule has 0 saturated heterocycles. The lowest BCUT2D eigenvalue weighted by Crippen LogP contribution is -2.17. The Morgan fingerprint density at radius 2 is 2.05 bits per heavy atom. The first-order chi connectivity index (χ1) is 9.47. The van der Waals surface area contributed by atoms with Crippen LogP contribution in [0.3, 0.4) is 0 Å². The first-order valence-electron chi connectivity index (χ1n) is 5.87. The van der Waals surface area contributed by atoms with E-state index in [1.54, 1.807) is 6.07 Å². The zero-order valence-electron chi connectivity index (χ0n) is 11.0. The van der Waals surface area contributed by atoms with E-state index in [4.69, 9.17) is 11.6 Å². The molecule has 4 nitrogen and oxygen atoms in total. The molecule has 1 N–H and O–H groups in total. The molecule has 0 saturated carbocycles. The fraction of sp³-hybridized carbons (Fsp3) is 0.143. The Morgan fingerprint density at radius 3 is 2.70 bits per heavy atom. The van der Waals surface area contributed by atoms with Crippen LogP contribution in [0.25, 0.3) is 0 Å². The van der Waals surface area contributed by atoms with Crippen molar-refractivity contribution in [3.05, 3.63) is 51.7 Å². The Morgan fingerprint density at radius 1 is 1.30 bits per heavy atom. The van der Waals surface area contributed by atoms with E-state index in [0.29, 0.717) is 10.7 Å². The van der Waals surface area contributed by atoms with E-state index in [1.807, 2.05) is 37.2 Å². The van der Waals surface area contributed by atoms with Crippen molar-refractivity contribution in [3.63, 3.8) is 0 Å². The predicted octanol–water partition coefficient (Wildman–Crippen LogP) is 3.82. The summed E-state index contributed by atoms with van der Waals surface area (Å²) in [7, 11) is 3.83. The number of hydrogen-bond donors (Lipinski definition) is 1. The lowest BCUT2D eigenvalue weighted by molar-refractivity contribution is 0.102. The number of pyridine rings is 1. The number of nitrogens with one attached hydrogen (secondary N) is 1. The smallest absolute Gasteiger partial charge is 0.274 e. The monoisotopic (exact) mass is 353 g/mol. The maximum atomic E-state index is 12.2. The highest BCUT2D eigenvalue weighted by Gasteiger charge is 2.12. The maximum absolute atomic E-state index is 12.2. The molecular weight excluding hydrogens is 342 g/mol. The second-order valence-electron chi connectivity index (χ2n) is 4.37. The SMILES string of the molecule is CN(C)c1ccc(Br)cc1NC(=O)c1cc(Cl)ccn1. The van der Waals surface area contributed by atoms with E-state index in [2.05, 4.69) is 26.2 Å². The largest absolute Gasteiger partial charge is 0.376 e. The molecule has 0 radical (unpaired) electrons. The highest BCUT2D eigenvalue weighted by Crippen LogP contribution is 2.28. The van der Waals surface area contributed by atoms with Crippen molar-refractivity contribution in [3.8, 4) is 0 Å². The number of rotatable bonds is 3. The minimum atomic E-state index is -0.297. The molecule has 0 bridgehead atoms. The van der Waals surface area contributed by atoms with Crippen LogP contribution < -0.4 is 10.2 Å². The Balaban J connectivity index is 2.30. The van der Waals surface area contributed by atoms with E-state index in [0.717, 1.165) is 10.2 Å². The zero-order chi connectivity index (χ0) is 14.7. The molecular formula is C14H13BrClN3O. The van der Waals surface area contributed by atoms with Gasteiger partial charge in [-0.05, 0) is 30.3 Å². The summed E-state index contributed by atoms with van der Waals surface area (Å²) in [6, 6.07) is 8.85. The number of halogens is 2. The first-order valence-corrected chi connectivity index (χ1v) is 7.04. The van der Waals surface area contributed by atoms with Crippen LogP contribution in [0.2, 0.25) is 5.02 Å². The van der Waals surface area contributed by atoms with Crippen molar-refractivity contribution >= 4 is 44.8 Å². The number of hydrogen-bond acceptors (Lipinski definition) is 3. The van der Waals surface area contributed by atoms with Gasteiger partial charge in [0.2, 0.25) is 0 Å². The molecule has 1 heterocycles. The average molecular weight is 355 g/mol. The third kappa shape index (κ3) is 3.49. The van der Waals surface area contributed by atoms with Gasteiger partial charge in [0.25, 0.3) is 5.91 Å². The van der Waals surface area contributed by atoms with Gasteiger partial charge in [-0.3, -0.25) is 9.78 Å². The highest BCUT2D eigenvalue weighted by molar-refractivity contribution is 9.10. The van der Waals surface area contributed by atoms with E-state index < -0.39 is 0 Å². The third-order valence-electron chi connectivity index (χ3n) is 2.64. The number of aromatic nitrogens is 1. The Hall–Kier alpha value is -1.59. The lowest BCUT2D eigenvalue weighted by atomic mass is 10.2. The summed E-state index contributed by atoms with van der Waals surface area (Å²) in [5, 5.41) is 3.32. The molecule has 6 heteroatoms. The molecule has 1 aromatic heterocycles. The van der Waals surface area contributed by atoms with Crippen LogP contribution in [-0.2, 0) is 0 Å². The Labute approximate surface area is 130 Å². The van der Waals surface area contributed by atoms with Crippen LogP contribution in [0.1, 0.15) is 10.5 Å². The Kier molecular flexibility index (Phi) is 4.62. The van der Waals surface area contributed by atoms with E-state index in [9.17, 15) is 4.79 Å². The van der Waals surface area contributed by atoms with E-state index in [1.165, 1.54) is 12.3 Å². The van der Waals surface area contributed by atoms with Crippen molar-refractivity contribution < 1.29 is 4.79 Å². The van der Waals surface area contributed by atoms with Gasteiger partial charge in [0.1, 0.15) is 5.69 Å². The van der Waals surface area contributed by atoms with Crippen LogP contribution in [0, 0.1) is 0 Å². The van der Waals surface area contributed by atoms with E-state index in [-0.39, 0.29) is 11.6 Å². The highest BCUT2D eigenvalue weighted by atomic mass is 79.9. The van der Waals surface area contributed by atoms with Crippen LogP contribution in [0.5, 0.6) is 0 Å². The predicted molar refractivity (Wildman–Crippen MR) is 85.7 cm³/mol. The number of nitrogens with zero attached hydrogens (tertiary/aromatic N) is 2. The van der Waals surface area contributed by atoms with Gasteiger partial charge in [0.15, 0.2) is 0 Å². The van der Waals surface area contributed by atoms with Gasteiger partial charge in [-0.1, -0.05) is 27.5 Å². The Bertz CT molecular complexity index is 646. The van der Waals surface area contributed by atoms with Crippen LogP contribution in [0.15, 0.2) is 41.0 Å². The molecule has 2 rings (SSSR count). The summed E-state index contributed by atoms with van der Waals surface area (Å²) in [6.45, 7) is 0. The maximum Gasteiger partial charge on any atom is 0.274 e. The second-order valence-corrected chi connectivity index (χ2v) is 5.72. The topological polar surface area (TPSA) is 45.2 Å². The summed E-state index contributed by atoms with van der Waals surface area (Å²) >= 11 is 9.26. The number of carbonyl (C=O) groups excluding carboxylic acids is 1. The molecule has 1 aromatic carbocycles. The standard InChI is InChI=1S/C14H13BrClN3O/c1-19(2)13-4-3-9(15)7-11(13)18-14(20)12-8-10(16)5-6-17-12/h3-8H,1-2H3,(H,18,20). The lowest BCUT2D eigenvalue weighted by Gasteiger charge is -2.18. The van der Waals surface area contributed by atoms with Crippen molar-refractivity contribution in [1.29, 1.82) is 0 Å². The van der Waals surface area contributed by atoms with Gasteiger partial charge in [0.05, 0.1) is 11.4 Å². The fourth-order valence-corrected chi connectivity index (χ4v) is 2.23. The van der Waals surface area contributed by atoms with Gasteiger partial charge < -0.3 is 10.2 Å². The minimum absolute atomic E-state index is 0.280. The van der Waals surface area contributed by atoms with Gasteiger partial charge in [-0.2, -0.15) is 0 Å². The zero-order valence-corrected chi connectivity index (χ0v) is 13.4. The molecule has 0 fully saturated rings. The fourth-order valence-electron chi connectivity index (χ4n) is 1.71. The molecule has 0 aliphatic carbocycles. The summed E-state index contributed by atoms with van der Waals surface area (Å²) in [5.74, 6) is -0.297. The molecule has 0 aliphatic rings. The second kappa shape index (κ2) is 6.24. The van der Waals surface area contributed by atoms with E-state index >= 15 is 0 Å². The van der Waals surface area contributed by atoms with Gasteiger partial charge in [0, 0.05) is 29.8 Å². The van der Waals surface area contributed by atoms with Crippen LogP contribution >= 0.6 is 27.5 Å². The summed E-state index contributed by atoms with van der Waals surface area (Å²) < 4.78 is 0.887. The third-order valence-corrected chi connectivity index (χ3v) is 3.37. The molecule has 0 unspecified atom stereocenters. The van der Waals surface area contributed by atoms with Crippen molar-refractivity contribution in [1.82, 2.24) is 4.98 Å². The van der Waals surface area contributed by atoms with Gasteiger partial charge >= 0.3 is 0 Å². The number of amides is 1. The van der Waals surface area contributed by atoms with Crippen molar-refractivity contribution in [2.24, 2.45) is 0 Å². The summed E-state index contributed by atoms with van der Waals surface area (Å²) in [5.41, 5.74) is 1.89. The molecule has 2 aromatic rings. The normalized spacial score (nSPS) is 10.2. The van der Waals surface area contributed by atoms with Crippen LogP contribution in [0.4, 0.5) is 11.4 Å². The van der Waals surface area contributed by atoms with Gasteiger partial charge in [-0.25, -0.2) is 0 Å². The molecule has 1 amide bonds. The minimum Gasteiger partial charge on any atom is -0.376 e. The molecule has 0 spiro atoms. The number of anilines is 2. The molecule has 0 atom stereocenters. The summed E-state index contributed by atoms with van der Waals surface area (Å²) in [4.78, 5) is 18.1. The average Bonchev–Trinajstić information content (AvgIpc) is 2.38. The molecule has 104 valence electrons. The quantitative estimate of drug-likeness (QED) is 0.911. The number of benzene rings is 1.